The fourth-order valence-corrected chi connectivity index (χ4v) is 4.35. The van der Waals surface area contributed by atoms with Crippen LogP contribution in [0, 0.1) is 26.7 Å². The molecule has 3 N–H and O–H groups in total. The first-order valence-corrected chi connectivity index (χ1v) is 12.0. The van der Waals surface area contributed by atoms with Gasteiger partial charge in [0.2, 0.25) is 0 Å². The molecule has 2 heterocycles. The first-order valence-electron chi connectivity index (χ1n) is 12.0. The average molecular weight is 496 g/mol. The summed E-state index contributed by atoms with van der Waals surface area (Å²) in [6, 6.07) is 7.58. The van der Waals surface area contributed by atoms with Crippen LogP contribution in [-0.2, 0) is 9.53 Å². The van der Waals surface area contributed by atoms with E-state index in [1.807, 2.05) is 45.0 Å². The molecule has 10 heteroatoms. The number of likely N-dealkylation sites (N-methyl/N-ethyl adjacent to an activating group) is 1. The number of carbonyl (C=O) groups excluding carboxylic acids is 1. The number of benzene rings is 1. The summed E-state index contributed by atoms with van der Waals surface area (Å²) in [6.07, 6.45) is 0.752. The van der Waals surface area contributed by atoms with Crippen LogP contribution < -0.4 is 15.4 Å². The van der Waals surface area contributed by atoms with Crippen molar-refractivity contribution in [3.8, 4) is 28.4 Å². The van der Waals surface area contributed by atoms with E-state index in [2.05, 4.69) is 15.8 Å². The van der Waals surface area contributed by atoms with Crippen molar-refractivity contribution in [2.45, 2.75) is 45.8 Å². The Morgan fingerprint density at radius 1 is 1.25 bits per heavy atom. The van der Waals surface area contributed by atoms with Crippen molar-refractivity contribution in [3.05, 3.63) is 41.3 Å². The zero-order chi connectivity index (χ0) is 25.8. The van der Waals surface area contributed by atoms with E-state index in [1.54, 1.807) is 7.05 Å². The maximum atomic E-state index is 11.8. The lowest BCUT2D eigenvalue weighted by Crippen LogP contribution is -2.40. The number of ether oxygens (including phenoxy) is 2. The summed E-state index contributed by atoms with van der Waals surface area (Å²) >= 11 is 0. The highest BCUT2D eigenvalue weighted by Crippen LogP contribution is 2.36. The lowest BCUT2D eigenvalue weighted by molar-refractivity contribution is -0.148. The molecule has 0 bridgehead atoms. The van der Waals surface area contributed by atoms with Crippen LogP contribution in [0.3, 0.4) is 0 Å². The molecule has 1 aliphatic rings. The Bertz CT molecular complexity index is 1200. The molecule has 0 spiro atoms. The number of aromatic nitrogens is 3. The zero-order valence-corrected chi connectivity index (χ0v) is 21.3. The highest BCUT2D eigenvalue weighted by molar-refractivity contribution is 5.76. The van der Waals surface area contributed by atoms with Crippen molar-refractivity contribution >= 4 is 11.8 Å². The van der Waals surface area contributed by atoms with Crippen molar-refractivity contribution in [2.75, 3.05) is 32.6 Å². The summed E-state index contributed by atoms with van der Waals surface area (Å²) in [5.41, 5.74) is 3.96. The maximum Gasteiger partial charge on any atom is 0.308 e. The van der Waals surface area contributed by atoms with Crippen molar-refractivity contribution in [2.24, 2.45) is 5.92 Å². The third-order valence-corrected chi connectivity index (χ3v) is 6.40. The van der Waals surface area contributed by atoms with Gasteiger partial charge in [-0.25, -0.2) is 9.97 Å². The van der Waals surface area contributed by atoms with E-state index in [-0.39, 0.29) is 24.5 Å². The second kappa shape index (κ2) is 11.0. The number of methoxy groups -OCH3 is 1. The first kappa shape index (κ1) is 25.6. The number of aliphatic hydroxyl groups is 1. The average Bonchev–Trinajstić information content (AvgIpc) is 3.18. The van der Waals surface area contributed by atoms with Crippen LogP contribution >= 0.6 is 0 Å². The number of carbonyl (C=O) groups is 1. The Morgan fingerprint density at radius 3 is 2.69 bits per heavy atom. The predicted octanol–water partition coefficient (Wildman–Crippen LogP) is 3.05. The van der Waals surface area contributed by atoms with Crippen molar-refractivity contribution in [1.29, 1.82) is 0 Å². The minimum Gasteiger partial charge on any atom is -0.491 e. The van der Waals surface area contributed by atoms with Gasteiger partial charge >= 0.3 is 5.97 Å². The number of nitrogens with zero attached hydrogens (tertiary/aromatic N) is 3. The van der Waals surface area contributed by atoms with E-state index in [1.165, 1.54) is 7.11 Å². The number of esters is 1. The number of anilines is 1. The second-order valence-electron chi connectivity index (χ2n) is 9.15. The third-order valence-electron chi connectivity index (χ3n) is 6.40. The molecule has 4 rings (SSSR count). The number of rotatable bonds is 10. The maximum absolute atomic E-state index is 11.8. The summed E-state index contributed by atoms with van der Waals surface area (Å²) in [5, 5.41) is 20.5. The molecular formula is C26H33N5O5. The lowest BCUT2D eigenvalue weighted by atomic mass is 9.80. The molecule has 2 aromatic heterocycles. The Hall–Kier alpha value is -3.50. The molecule has 1 aromatic carbocycles. The predicted molar refractivity (Wildman–Crippen MR) is 135 cm³/mol. The molecule has 0 aliphatic heterocycles. The van der Waals surface area contributed by atoms with E-state index in [4.69, 9.17) is 24.0 Å². The molecule has 36 heavy (non-hydrogen) atoms. The molecule has 1 saturated carbocycles. The van der Waals surface area contributed by atoms with Gasteiger partial charge in [-0.05, 0) is 52.8 Å². The van der Waals surface area contributed by atoms with Gasteiger partial charge in [0.25, 0.3) is 0 Å². The van der Waals surface area contributed by atoms with Gasteiger partial charge in [-0.3, -0.25) is 4.79 Å². The van der Waals surface area contributed by atoms with E-state index < -0.39 is 6.10 Å². The third kappa shape index (κ3) is 5.50. The van der Waals surface area contributed by atoms with Crippen LogP contribution in [0.4, 0.5) is 5.82 Å². The van der Waals surface area contributed by atoms with Gasteiger partial charge in [-0.1, -0.05) is 17.3 Å². The van der Waals surface area contributed by atoms with Gasteiger partial charge in [0.05, 0.1) is 30.0 Å². The quantitative estimate of drug-likeness (QED) is 0.361. The first-order chi connectivity index (χ1) is 17.3. The fourth-order valence-electron chi connectivity index (χ4n) is 4.35. The molecule has 0 amide bonds. The molecular weight excluding hydrogens is 462 g/mol. The Kier molecular flexibility index (Phi) is 7.85. The van der Waals surface area contributed by atoms with Crippen LogP contribution in [-0.4, -0.2) is 65.7 Å². The molecule has 1 fully saturated rings. The van der Waals surface area contributed by atoms with Gasteiger partial charge in [0.15, 0.2) is 5.82 Å². The number of hydrogen-bond donors (Lipinski definition) is 3. The van der Waals surface area contributed by atoms with Gasteiger partial charge in [0, 0.05) is 23.7 Å². The minimum absolute atomic E-state index is 0.0942. The van der Waals surface area contributed by atoms with Crippen LogP contribution in [0.2, 0.25) is 0 Å². The van der Waals surface area contributed by atoms with Crippen molar-refractivity contribution in [3.63, 3.8) is 0 Å². The summed E-state index contributed by atoms with van der Waals surface area (Å²) in [7, 11) is 3.19. The smallest absolute Gasteiger partial charge is 0.308 e. The standard InChI is InChI=1S/C26H33N5O5/c1-14-23(22-15(2)31-36-16(22)3)29-25(30-24(14)28-19-9-18(10-19)26(33)34-5)17-7-6-8-21(11-17)35-13-20(32)12-27-4/h6-8,11,18-20,27,32H,9-10,12-13H2,1-5H3,(H,28,29,30). The van der Waals surface area contributed by atoms with E-state index >= 15 is 0 Å². The van der Waals surface area contributed by atoms with E-state index in [0.717, 1.165) is 28.1 Å². The Labute approximate surface area is 210 Å². The number of hydrogen-bond acceptors (Lipinski definition) is 10. The van der Waals surface area contributed by atoms with Crippen LogP contribution in [0.15, 0.2) is 28.8 Å². The normalized spacial score (nSPS) is 17.8. The number of nitrogens with one attached hydrogen (secondary N) is 2. The Morgan fingerprint density at radius 2 is 2.03 bits per heavy atom. The topological polar surface area (TPSA) is 132 Å². The monoisotopic (exact) mass is 495 g/mol. The van der Waals surface area contributed by atoms with Gasteiger partial charge in [-0.2, -0.15) is 0 Å². The molecule has 1 unspecified atom stereocenters. The molecule has 192 valence electrons. The minimum atomic E-state index is -0.618. The number of aliphatic hydroxyl groups excluding tert-OH is 1. The summed E-state index contributed by atoms with van der Waals surface area (Å²) in [4.78, 5) is 21.6. The van der Waals surface area contributed by atoms with Crippen molar-refractivity contribution in [1.82, 2.24) is 20.4 Å². The van der Waals surface area contributed by atoms with Gasteiger partial charge in [-0.15, -0.1) is 0 Å². The summed E-state index contributed by atoms with van der Waals surface area (Å²) in [5.74, 6) is 2.23. The van der Waals surface area contributed by atoms with Crippen LogP contribution in [0.5, 0.6) is 5.75 Å². The zero-order valence-electron chi connectivity index (χ0n) is 21.3. The second-order valence-corrected chi connectivity index (χ2v) is 9.15. The van der Waals surface area contributed by atoms with E-state index in [9.17, 15) is 9.90 Å². The molecule has 10 nitrogen and oxygen atoms in total. The summed E-state index contributed by atoms with van der Waals surface area (Å²) in [6.45, 7) is 6.32. The van der Waals surface area contributed by atoms with Gasteiger partial charge < -0.3 is 29.7 Å². The largest absolute Gasteiger partial charge is 0.491 e. The SMILES string of the molecule is CNCC(O)COc1cccc(-c2nc(NC3CC(C(=O)OC)C3)c(C)c(-c3c(C)noc3C)n2)c1. The highest BCUT2D eigenvalue weighted by Gasteiger charge is 2.36. The molecule has 1 atom stereocenters. The fraction of sp³-hybridized carbons (Fsp3) is 0.462. The number of aryl methyl sites for hydroxylation is 2. The summed E-state index contributed by atoms with van der Waals surface area (Å²) < 4.78 is 16.1. The van der Waals surface area contributed by atoms with Crippen LogP contribution in [0.1, 0.15) is 29.9 Å². The van der Waals surface area contributed by atoms with Crippen LogP contribution in [0.25, 0.3) is 22.6 Å². The Balaban J connectivity index is 1.67. The lowest BCUT2D eigenvalue weighted by Gasteiger charge is -2.34. The highest BCUT2D eigenvalue weighted by atomic mass is 16.5. The van der Waals surface area contributed by atoms with E-state index in [0.29, 0.717) is 42.5 Å². The molecule has 0 saturated heterocycles. The molecule has 1 aliphatic carbocycles. The molecule has 3 aromatic rings. The van der Waals surface area contributed by atoms with Gasteiger partial charge in [0.1, 0.15) is 30.0 Å². The molecule has 0 radical (unpaired) electrons. The van der Waals surface area contributed by atoms with Crippen molar-refractivity contribution < 1.29 is 23.9 Å².